The molecule has 4 rings (SSSR count). The van der Waals surface area contributed by atoms with Crippen molar-refractivity contribution in [2.24, 2.45) is 0 Å². The first-order valence-electron chi connectivity index (χ1n) is 9.12. The normalized spacial score (nSPS) is 15.5. The maximum atomic E-state index is 12.3. The average molecular weight is 349 g/mol. The number of hydrogen-bond donors (Lipinski definition) is 0. The highest BCUT2D eigenvalue weighted by atomic mass is 16.1. The summed E-state index contributed by atoms with van der Waals surface area (Å²) in [6, 6.07) is 12.5. The summed E-state index contributed by atoms with van der Waals surface area (Å²) < 4.78 is 1.67. The highest BCUT2D eigenvalue weighted by molar-refractivity contribution is 5.77. The lowest BCUT2D eigenvalue weighted by Gasteiger charge is -2.34. The molecule has 6 nitrogen and oxygen atoms in total. The SMILES string of the molecule is CCn1ccc2nc(N3CCN(Cc4ccccc4)CC3)ncc2c1=O. The Labute approximate surface area is 152 Å². The van der Waals surface area contributed by atoms with E-state index in [1.54, 1.807) is 17.0 Å². The van der Waals surface area contributed by atoms with Crippen LogP contribution in [0, 0.1) is 0 Å². The summed E-state index contributed by atoms with van der Waals surface area (Å²) in [5.74, 6) is 0.713. The van der Waals surface area contributed by atoms with Crippen molar-refractivity contribution in [2.45, 2.75) is 20.0 Å². The second-order valence-electron chi connectivity index (χ2n) is 6.62. The largest absolute Gasteiger partial charge is 0.338 e. The Kier molecular flexibility index (Phi) is 4.67. The van der Waals surface area contributed by atoms with E-state index in [9.17, 15) is 4.79 Å². The van der Waals surface area contributed by atoms with Crippen LogP contribution in [0.5, 0.6) is 0 Å². The molecule has 0 bridgehead atoms. The number of aromatic nitrogens is 3. The molecule has 0 atom stereocenters. The van der Waals surface area contributed by atoms with Gasteiger partial charge in [0.25, 0.3) is 5.56 Å². The van der Waals surface area contributed by atoms with E-state index in [-0.39, 0.29) is 5.56 Å². The first kappa shape index (κ1) is 16.7. The Morgan fingerprint density at radius 3 is 2.54 bits per heavy atom. The minimum Gasteiger partial charge on any atom is -0.338 e. The van der Waals surface area contributed by atoms with Gasteiger partial charge in [0.1, 0.15) is 0 Å². The minimum atomic E-state index is -0.0239. The molecule has 0 radical (unpaired) electrons. The number of piperazine rings is 1. The number of nitrogens with zero attached hydrogens (tertiary/aromatic N) is 5. The number of pyridine rings is 1. The van der Waals surface area contributed by atoms with Crippen LogP contribution >= 0.6 is 0 Å². The van der Waals surface area contributed by atoms with E-state index in [1.807, 2.05) is 19.1 Å². The van der Waals surface area contributed by atoms with Gasteiger partial charge in [0.2, 0.25) is 5.95 Å². The van der Waals surface area contributed by atoms with E-state index in [2.05, 4.69) is 44.0 Å². The third-order valence-corrected chi connectivity index (χ3v) is 4.95. The summed E-state index contributed by atoms with van der Waals surface area (Å²) >= 11 is 0. The highest BCUT2D eigenvalue weighted by Crippen LogP contribution is 2.15. The maximum absolute atomic E-state index is 12.3. The Balaban J connectivity index is 1.46. The quantitative estimate of drug-likeness (QED) is 0.722. The van der Waals surface area contributed by atoms with E-state index < -0.39 is 0 Å². The van der Waals surface area contributed by atoms with Crippen LogP contribution in [0.15, 0.2) is 53.6 Å². The molecule has 1 aliphatic rings. The van der Waals surface area contributed by atoms with E-state index >= 15 is 0 Å². The second-order valence-corrected chi connectivity index (χ2v) is 6.62. The zero-order valence-corrected chi connectivity index (χ0v) is 15.0. The first-order chi connectivity index (χ1) is 12.7. The van der Waals surface area contributed by atoms with Crippen molar-refractivity contribution in [1.82, 2.24) is 19.4 Å². The predicted molar refractivity (Wildman–Crippen MR) is 103 cm³/mol. The molecule has 0 spiro atoms. The fourth-order valence-electron chi connectivity index (χ4n) is 3.41. The molecule has 1 aliphatic heterocycles. The van der Waals surface area contributed by atoms with Crippen LogP contribution in [0.2, 0.25) is 0 Å². The summed E-state index contributed by atoms with van der Waals surface area (Å²) in [4.78, 5) is 26.1. The standard InChI is InChI=1S/C20H23N5O/c1-2-24-9-8-18-17(19(24)26)14-21-20(22-18)25-12-10-23(11-13-25)15-16-6-4-3-5-7-16/h3-9,14H,2,10-13,15H2,1H3. The summed E-state index contributed by atoms with van der Waals surface area (Å²) in [6.07, 6.45) is 3.47. The van der Waals surface area contributed by atoms with Crippen LogP contribution in [0.25, 0.3) is 10.9 Å². The van der Waals surface area contributed by atoms with Crippen molar-refractivity contribution in [3.05, 3.63) is 64.7 Å². The number of aryl methyl sites for hydroxylation is 1. The second kappa shape index (κ2) is 7.25. The molecule has 3 aromatic rings. The van der Waals surface area contributed by atoms with Gasteiger partial charge in [-0.3, -0.25) is 9.69 Å². The lowest BCUT2D eigenvalue weighted by atomic mass is 10.2. The van der Waals surface area contributed by atoms with Crippen LogP contribution in [0.4, 0.5) is 5.95 Å². The van der Waals surface area contributed by atoms with Crippen molar-refractivity contribution in [3.8, 4) is 0 Å². The van der Waals surface area contributed by atoms with Crippen molar-refractivity contribution >= 4 is 16.9 Å². The molecule has 2 aromatic heterocycles. The predicted octanol–water partition coefficient (Wildman–Crippen LogP) is 2.13. The van der Waals surface area contributed by atoms with E-state index in [0.717, 1.165) is 38.2 Å². The summed E-state index contributed by atoms with van der Waals surface area (Å²) in [5, 5.41) is 0.584. The van der Waals surface area contributed by atoms with Crippen molar-refractivity contribution in [2.75, 3.05) is 31.1 Å². The van der Waals surface area contributed by atoms with Gasteiger partial charge in [0, 0.05) is 51.7 Å². The number of fused-ring (bicyclic) bond motifs is 1. The monoisotopic (exact) mass is 349 g/mol. The number of hydrogen-bond acceptors (Lipinski definition) is 5. The molecule has 0 N–H and O–H groups in total. The molecule has 6 heteroatoms. The lowest BCUT2D eigenvalue weighted by molar-refractivity contribution is 0.249. The zero-order chi connectivity index (χ0) is 17.9. The molecule has 0 unspecified atom stereocenters. The Hall–Kier alpha value is -2.73. The molecule has 3 heterocycles. The average Bonchev–Trinajstić information content (AvgIpc) is 2.69. The van der Waals surface area contributed by atoms with Crippen LogP contribution in [-0.2, 0) is 13.1 Å². The molecule has 0 amide bonds. The van der Waals surface area contributed by atoms with Gasteiger partial charge in [0.05, 0.1) is 10.9 Å². The minimum absolute atomic E-state index is 0.0239. The van der Waals surface area contributed by atoms with Crippen molar-refractivity contribution < 1.29 is 0 Å². The maximum Gasteiger partial charge on any atom is 0.261 e. The molecule has 1 fully saturated rings. The molecule has 1 saturated heterocycles. The molecular formula is C20H23N5O. The van der Waals surface area contributed by atoms with Gasteiger partial charge < -0.3 is 9.47 Å². The number of benzene rings is 1. The highest BCUT2D eigenvalue weighted by Gasteiger charge is 2.19. The smallest absolute Gasteiger partial charge is 0.261 e. The van der Waals surface area contributed by atoms with Gasteiger partial charge in [-0.25, -0.2) is 9.97 Å². The third-order valence-electron chi connectivity index (χ3n) is 4.95. The Morgan fingerprint density at radius 1 is 1.04 bits per heavy atom. The topological polar surface area (TPSA) is 54.3 Å². The van der Waals surface area contributed by atoms with Gasteiger partial charge in [-0.15, -0.1) is 0 Å². The number of anilines is 1. The van der Waals surface area contributed by atoms with Gasteiger partial charge in [-0.2, -0.15) is 0 Å². The van der Waals surface area contributed by atoms with Gasteiger partial charge >= 0.3 is 0 Å². The molecular weight excluding hydrogens is 326 g/mol. The van der Waals surface area contributed by atoms with Crippen molar-refractivity contribution in [1.29, 1.82) is 0 Å². The molecule has 1 aromatic carbocycles. The van der Waals surface area contributed by atoms with Gasteiger partial charge in [-0.1, -0.05) is 30.3 Å². The van der Waals surface area contributed by atoms with Crippen molar-refractivity contribution in [3.63, 3.8) is 0 Å². The number of rotatable bonds is 4. The van der Waals surface area contributed by atoms with E-state index in [4.69, 9.17) is 0 Å². The van der Waals surface area contributed by atoms with Gasteiger partial charge in [-0.05, 0) is 18.6 Å². The first-order valence-corrected chi connectivity index (χ1v) is 9.12. The van der Waals surface area contributed by atoms with Crippen LogP contribution in [0.1, 0.15) is 12.5 Å². The fourth-order valence-corrected chi connectivity index (χ4v) is 3.41. The summed E-state index contributed by atoms with van der Waals surface area (Å²) in [5.41, 5.74) is 2.04. The zero-order valence-electron chi connectivity index (χ0n) is 15.0. The molecule has 0 aliphatic carbocycles. The van der Waals surface area contributed by atoms with Crippen LogP contribution < -0.4 is 10.5 Å². The lowest BCUT2D eigenvalue weighted by Crippen LogP contribution is -2.46. The Morgan fingerprint density at radius 2 is 1.81 bits per heavy atom. The third kappa shape index (κ3) is 3.32. The Bertz CT molecular complexity index is 945. The van der Waals surface area contributed by atoms with Gasteiger partial charge in [0.15, 0.2) is 0 Å². The molecule has 134 valence electrons. The molecule has 0 saturated carbocycles. The van der Waals surface area contributed by atoms with E-state index in [1.165, 1.54) is 5.56 Å². The summed E-state index contributed by atoms with van der Waals surface area (Å²) in [6.45, 7) is 7.33. The van der Waals surface area contributed by atoms with Crippen LogP contribution in [-0.4, -0.2) is 45.6 Å². The summed E-state index contributed by atoms with van der Waals surface area (Å²) in [7, 11) is 0. The van der Waals surface area contributed by atoms with Crippen LogP contribution in [0.3, 0.4) is 0 Å². The van der Waals surface area contributed by atoms with E-state index in [0.29, 0.717) is 17.9 Å². The molecule has 26 heavy (non-hydrogen) atoms. The fraction of sp³-hybridized carbons (Fsp3) is 0.350.